The molecule has 10 heteroatoms. The Morgan fingerprint density at radius 3 is 2.79 bits per heavy atom. The number of halogens is 1. The predicted octanol–water partition coefficient (Wildman–Crippen LogP) is 3.44. The second kappa shape index (κ2) is 8.06. The second-order valence-electron chi connectivity index (χ2n) is 7.90. The van der Waals surface area contributed by atoms with Crippen molar-refractivity contribution in [2.45, 2.75) is 19.5 Å². The normalized spacial score (nSPS) is 13.7. The molecule has 1 aliphatic heterocycles. The number of nitrogen functional groups attached to an aromatic ring is 1. The van der Waals surface area contributed by atoms with Gasteiger partial charge in [0.05, 0.1) is 28.3 Å². The van der Waals surface area contributed by atoms with Crippen LogP contribution in [0.2, 0.25) is 0 Å². The van der Waals surface area contributed by atoms with Crippen molar-refractivity contribution in [2.24, 2.45) is 0 Å². The molecule has 0 fully saturated rings. The van der Waals surface area contributed by atoms with E-state index in [-0.39, 0.29) is 17.5 Å². The molecule has 4 aromatic rings. The van der Waals surface area contributed by atoms with Crippen LogP contribution >= 0.6 is 0 Å². The van der Waals surface area contributed by atoms with Crippen LogP contribution in [0.4, 0.5) is 15.8 Å². The van der Waals surface area contributed by atoms with E-state index in [0.717, 1.165) is 29.0 Å². The number of nitrogens with zero attached hydrogens (tertiary/aromatic N) is 4. The second-order valence-corrected chi connectivity index (χ2v) is 7.90. The van der Waals surface area contributed by atoms with Gasteiger partial charge < -0.3 is 10.2 Å². The van der Waals surface area contributed by atoms with Crippen molar-refractivity contribution in [1.29, 1.82) is 0 Å². The standard InChI is InChI=1S/C23H18FN5O4/c24-16-7-18-21(30)15(12-33-22(18)20(8-16)29(31)32)11-28-6-5-19-14(10-28)9-26-23(27-19)13-1-3-17(25)4-2-13/h1-4,7-9,12H,5-6,10-11,25H2. The first-order valence-electron chi connectivity index (χ1n) is 10.2. The molecule has 0 aliphatic carbocycles. The third-order valence-corrected chi connectivity index (χ3v) is 5.66. The lowest BCUT2D eigenvalue weighted by molar-refractivity contribution is -0.383. The summed E-state index contributed by atoms with van der Waals surface area (Å²) in [7, 11) is 0. The van der Waals surface area contributed by atoms with Gasteiger partial charge in [-0.15, -0.1) is 0 Å². The first kappa shape index (κ1) is 20.7. The zero-order valence-electron chi connectivity index (χ0n) is 17.3. The Hall–Kier alpha value is -4.18. The Kier molecular flexibility index (Phi) is 5.06. The molecule has 0 unspecified atom stereocenters. The van der Waals surface area contributed by atoms with Crippen LogP contribution in [0.25, 0.3) is 22.4 Å². The molecule has 5 rings (SSSR count). The topological polar surface area (TPSA) is 128 Å². The highest BCUT2D eigenvalue weighted by Gasteiger charge is 2.23. The third kappa shape index (κ3) is 3.92. The number of nitro groups is 1. The first-order chi connectivity index (χ1) is 15.9. The maximum Gasteiger partial charge on any atom is 0.315 e. The highest BCUT2D eigenvalue weighted by atomic mass is 19.1. The number of anilines is 1. The molecular weight excluding hydrogens is 429 g/mol. The largest absolute Gasteiger partial charge is 0.456 e. The van der Waals surface area contributed by atoms with Gasteiger partial charge in [-0.3, -0.25) is 19.8 Å². The fourth-order valence-electron chi connectivity index (χ4n) is 3.99. The summed E-state index contributed by atoms with van der Waals surface area (Å²) in [5.41, 5.74) is 8.18. The summed E-state index contributed by atoms with van der Waals surface area (Å²) in [6.07, 6.45) is 3.66. The number of aromatic nitrogens is 2. The number of hydrogen-bond donors (Lipinski definition) is 1. The van der Waals surface area contributed by atoms with Crippen LogP contribution in [0.1, 0.15) is 16.8 Å². The Morgan fingerprint density at radius 1 is 1.24 bits per heavy atom. The highest BCUT2D eigenvalue weighted by molar-refractivity contribution is 5.85. The minimum atomic E-state index is -0.861. The Morgan fingerprint density at radius 2 is 2.03 bits per heavy atom. The number of nitrogens with two attached hydrogens (primary N) is 1. The molecule has 0 atom stereocenters. The highest BCUT2D eigenvalue weighted by Crippen LogP contribution is 2.27. The lowest BCUT2D eigenvalue weighted by atomic mass is 10.1. The lowest BCUT2D eigenvalue weighted by Crippen LogP contribution is -2.32. The molecular formula is C23H18FN5O4. The molecule has 0 saturated heterocycles. The molecule has 33 heavy (non-hydrogen) atoms. The van der Waals surface area contributed by atoms with Gasteiger partial charge >= 0.3 is 5.69 Å². The van der Waals surface area contributed by atoms with E-state index in [4.69, 9.17) is 10.2 Å². The minimum Gasteiger partial charge on any atom is -0.456 e. The minimum absolute atomic E-state index is 0.145. The third-order valence-electron chi connectivity index (χ3n) is 5.66. The van der Waals surface area contributed by atoms with Gasteiger partial charge in [0, 0.05) is 54.6 Å². The van der Waals surface area contributed by atoms with E-state index in [9.17, 15) is 19.3 Å². The first-order valence-corrected chi connectivity index (χ1v) is 10.2. The van der Waals surface area contributed by atoms with Crippen molar-refractivity contribution in [2.75, 3.05) is 12.3 Å². The molecule has 0 bridgehead atoms. The van der Waals surface area contributed by atoms with Gasteiger partial charge in [0.2, 0.25) is 5.58 Å². The SMILES string of the molecule is Nc1ccc(-c2ncc3c(n2)CCN(Cc2coc4c([N+](=O)[O-])cc(F)cc4c2=O)C3)cc1. The average Bonchev–Trinajstić information content (AvgIpc) is 2.81. The lowest BCUT2D eigenvalue weighted by Gasteiger charge is -2.27. The van der Waals surface area contributed by atoms with Crippen molar-refractivity contribution >= 4 is 22.3 Å². The maximum atomic E-state index is 13.9. The van der Waals surface area contributed by atoms with Gasteiger partial charge in [-0.25, -0.2) is 14.4 Å². The monoisotopic (exact) mass is 447 g/mol. The summed E-state index contributed by atoms with van der Waals surface area (Å²) in [4.78, 5) is 34.5. The van der Waals surface area contributed by atoms with Crippen molar-refractivity contribution in [3.05, 3.63) is 91.8 Å². The summed E-state index contributed by atoms with van der Waals surface area (Å²) in [6, 6.07) is 9.06. The van der Waals surface area contributed by atoms with Gasteiger partial charge in [-0.1, -0.05) is 0 Å². The van der Waals surface area contributed by atoms with Gasteiger partial charge in [0.15, 0.2) is 11.3 Å². The summed E-state index contributed by atoms with van der Waals surface area (Å²) >= 11 is 0. The van der Waals surface area contributed by atoms with Gasteiger partial charge in [0.25, 0.3) is 0 Å². The average molecular weight is 447 g/mol. The number of fused-ring (bicyclic) bond motifs is 2. The molecule has 2 N–H and O–H groups in total. The fraction of sp³-hybridized carbons (Fsp3) is 0.174. The van der Waals surface area contributed by atoms with Gasteiger partial charge in [-0.05, 0) is 30.3 Å². The van der Waals surface area contributed by atoms with Crippen LogP contribution in [0.3, 0.4) is 0 Å². The number of benzene rings is 2. The molecule has 2 aromatic heterocycles. The zero-order chi connectivity index (χ0) is 23.1. The van der Waals surface area contributed by atoms with Crippen LogP contribution < -0.4 is 11.2 Å². The van der Waals surface area contributed by atoms with E-state index < -0.39 is 21.9 Å². The summed E-state index contributed by atoms with van der Waals surface area (Å²) in [5.74, 6) is -0.236. The van der Waals surface area contributed by atoms with E-state index in [1.807, 2.05) is 17.0 Å². The van der Waals surface area contributed by atoms with Crippen molar-refractivity contribution in [1.82, 2.24) is 14.9 Å². The maximum absolute atomic E-state index is 13.9. The molecule has 1 aliphatic rings. The van der Waals surface area contributed by atoms with Crippen LogP contribution in [0, 0.1) is 15.9 Å². The molecule has 2 aromatic carbocycles. The Bertz CT molecular complexity index is 1450. The molecule has 0 spiro atoms. The number of non-ortho nitro benzene ring substituents is 1. The molecule has 0 saturated carbocycles. The molecule has 0 radical (unpaired) electrons. The van der Waals surface area contributed by atoms with Crippen molar-refractivity contribution in [3.63, 3.8) is 0 Å². The van der Waals surface area contributed by atoms with Crippen LogP contribution in [-0.4, -0.2) is 26.3 Å². The zero-order valence-corrected chi connectivity index (χ0v) is 17.3. The summed E-state index contributed by atoms with van der Waals surface area (Å²) in [6.45, 7) is 1.42. The van der Waals surface area contributed by atoms with Crippen LogP contribution in [0.5, 0.6) is 0 Å². The number of nitro benzene ring substituents is 1. The van der Waals surface area contributed by atoms with Gasteiger partial charge in [-0.2, -0.15) is 0 Å². The predicted molar refractivity (Wildman–Crippen MR) is 119 cm³/mol. The van der Waals surface area contributed by atoms with E-state index in [0.29, 0.717) is 36.6 Å². The van der Waals surface area contributed by atoms with E-state index in [1.165, 1.54) is 6.26 Å². The van der Waals surface area contributed by atoms with Crippen LogP contribution in [0.15, 0.2) is 58.1 Å². The quantitative estimate of drug-likeness (QED) is 0.286. The van der Waals surface area contributed by atoms with Crippen molar-refractivity contribution in [3.8, 4) is 11.4 Å². The van der Waals surface area contributed by atoms with Crippen molar-refractivity contribution < 1.29 is 13.7 Å². The molecule has 3 heterocycles. The Labute approximate surface area is 186 Å². The molecule has 0 amide bonds. The van der Waals surface area contributed by atoms with Crippen LogP contribution in [-0.2, 0) is 19.5 Å². The smallest absolute Gasteiger partial charge is 0.315 e. The summed E-state index contributed by atoms with van der Waals surface area (Å²) in [5, 5.41) is 11.0. The van der Waals surface area contributed by atoms with Gasteiger partial charge in [0.1, 0.15) is 5.82 Å². The number of hydrogen-bond acceptors (Lipinski definition) is 8. The molecule has 166 valence electrons. The van der Waals surface area contributed by atoms with E-state index >= 15 is 0 Å². The molecule has 9 nitrogen and oxygen atoms in total. The van der Waals surface area contributed by atoms with E-state index in [1.54, 1.807) is 18.3 Å². The van der Waals surface area contributed by atoms with E-state index in [2.05, 4.69) is 9.97 Å². The summed E-state index contributed by atoms with van der Waals surface area (Å²) < 4.78 is 19.2. The number of rotatable bonds is 4. The Balaban J connectivity index is 1.40. The fourth-order valence-corrected chi connectivity index (χ4v) is 3.99.